The molecule has 2 rings (SSSR count). The molecule has 0 fully saturated rings. The molecule has 2 aromatic heterocycles. The van der Waals surface area contributed by atoms with Gasteiger partial charge in [-0.2, -0.15) is 5.10 Å². The number of hydrogen-bond acceptors (Lipinski definition) is 5. The quantitative estimate of drug-likeness (QED) is 0.628. The van der Waals surface area contributed by atoms with Crippen molar-refractivity contribution < 1.29 is 13.2 Å². The van der Waals surface area contributed by atoms with E-state index in [9.17, 15) is 13.2 Å². The van der Waals surface area contributed by atoms with Crippen LogP contribution in [-0.2, 0) is 23.6 Å². The number of H-pyrrole nitrogens is 1. The molecule has 0 bridgehead atoms. The number of nitrogens with one attached hydrogen (secondary N) is 2. The van der Waals surface area contributed by atoms with Gasteiger partial charge in [0.15, 0.2) is 0 Å². The summed E-state index contributed by atoms with van der Waals surface area (Å²) in [6.07, 6.45) is 2.58. The van der Waals surface area contributed by atoms with Crippen LogP contribution in [0.25, 0.3) is 0 Å². The monoisotopic (exact) mass is 284 g/mol. The number of primary amides is 1. The van der Waals surface area contributed by atoms with Crippen LogP contribution in [0, 0.1) is 0 Å². The number of aromatic nitrogens is 4. The Labute approximate surface area is 108 Å². The van der Waals surface area contributed by atoms with Gasteiger partial charge in [-0.15, -0.1) is 0 Å². The zero-order valence-corrected chi connectivity index (χ0v) is 10.8. The van der Waals surface area contributed by atoms with Gasteiger partial charge in [0.2, 0.25) is 10.0 Å². The van der Waals surface area contributed by atoms with Crippen molar-refractivity contribution in [1.29, 1.82) is 0 Å². The predicted octanol–water partition coefficient (Wildman–Crippen LogP) is -1.28. The molecule has 0 radical (unpaired) electrons. The number of rotatable bonds is 5. The molecular weight excluding hydrogens is 272 g/mol. The highest BCUT2D eigenvalue weighted by Crippen LogP contribution is 2.13. The molecule has 1 amide bonds. The zero-order chi connectivity index (χ0) is 14.0. The van der Waals surface area contributed by atoms with Crippen LogP contribution >= 0.6 is 0 Å². The van der Waals surface area contributed by atoms with Crippen LogP contribution < -0.4 is 10.5 Å². The van der Waals surface area contributed by atoms with E-state index in [-0.39, 0.29) is 17.1 Å². The number of nitrogens with zero attached hydrogens (tertiary/aromatic N) is 3. The van der Waals surface area contributed by atoms with Gasteiger partial charge < -0.3 is 10.3 Å². The van der Waals surface area contributed by atoms with E-state index in [1.807, 2.05) is 0 Å². The lowest BCUT2D eigenvalue weighted by atomic mass is 10.4. The van der Waals surface area contributed by atoms with E-state index in [0.29, 0.717) is 5.82 Å². The minimum absolute atomic E-state index is 0.0247. The van der Waals surface area contributed by atoms with Crippen molar-refractivity contribution >= 4 is 15.9 Å². The molecule has 0 atom stereocenters. The van der Waals surface area contributed by atoms with Gasteiger partial charge in [0, 0.05) is 13.2 Å². The van der Waals surface area contributed by atoms with E-state index in [4.69, 9.17) is 5.73 Å². The van der Waals surface area contributed by atoms with Crippen molar-refractivity contribution in [2.24, 2.45) is 12.8 Å². The lowest BCUT2D eigenvalue weighted by molar-refractivity contribution is 0.0992. The maximum absolute atomic E-state index is 12.0. The topological polar surface area (TPSA) is 136 Å². The van der Waals surface area contributed by atoms with Crippen LogP contribution in [0.1, 0.15) is 16.3 Å². The van der Waals surface area contributed by atoms with Crippen molar-refractivity contribution in [3.8, 4) is 0 Å². The number of sulfonamides is 1. The molecule has 0 saturated heterocycles. The van der Waals surface area contributed by atoms with Gasteiger partial charge >= 0.3 is 0 Å². The summed E-state index contributed by atoms with van der Waals surface area (Å²) in [5.74, 6) is -0.311. The molecule has 2 aromatic rings. The van der Waals surface area contributed by atoms with E-state index in [1.165, 1.54) is 30.2 Å². The molecule has 9 nitrogen and oxygen atoms in total. The molecular formula is C9H12N6O3S. The Bertz CT molecular complexity index is 688. The molecule has 102 valence electrons. The summed E-state index contributed by atoms with van der Waals surface area (Å²) in [7, 11) is -2.20. The number of nitrogens with two attached hydrogens (primary N) is 1. The second-order valence-corrected chi connectivity index (χ2v) is 5.56. The Hall–Kier alpha value is -2.20. The number of amides is 1. The van der Waals surface area contributed by atoms with Crippen molar-refractivity contribution in [2.45, 2.75) is 11.4 Å². The number of aromatic amines is 1. The molecule has 0 aliphatic heterocycles. The molecule has 0 aliphatic carbocycles. The van der Waals surface area contributed by atoms with Crippen LogP contribution in [0.2, 0.25) is 0 Å². The van der Waals surface area contributed by atoms with E-state index < -0.39 is 15.9 Å². The van der Waals surface area contributed by atoms with Crippen molar-refractivity contribution in [3.05, 3.63) is 30.1 Å². The van der Waals surface area contributed by atoms with Gasteiger partial charge in [-0.05, 0) is 6.07 Å². The second-order valence-electron chi connectivity index (χ2n) is 3.79. The Kier molecular flexibility index (Phi) is 3.36. The molecule has 4 N–H and O–H groups in total. The standard InChI is InChI=1S/C9H12N6O3S/c1-15-4-6(2-7(15)9(10)16)19(17,18)13-3-8-11-5-12-14-8/h2,4-5,13H,3H2,1H3,(H2,10,16)(H,11,12,14). The first-order valence-electron chi connectivity index (χ1n) is 5.20. The van der Waals surface area contributed by atoms with Crippen LogP contribution in [0.4, 0.5) is 0 Å². The van der Waals surface area contributed by atoms with Gasteiger partial charge in [-0.25, -0.2) is 18.1 Å². The predicted molar refractivity (Wildman–Crippen MR) is 64.3 cm³/mol. The molecule has 0 saturated carbocycles. The smallest absolute Gasteiger partial charge is 0.265 e. The molecule has 2 heterocycles. The lowest BCUT2D eigenvalue weighted by Gasteiger charge is -2.01. The number of hydrogen-bond donors (Lipinski definition) is 3. The van der Waals surface area contributed by atoms with E-state index in [2.05, 4.69) is 19.9 Å². The van der Waals surface area contributed by atoms with E-state index in [0.717, 1.165) is 0 Å². The highest BCUT2D eigenvalue weighted by Gasteiger charge is 2.19. The zero-order valence-electron chi connectivity index (χ0n) is 9.99. The largest absolute Gasteiger partial charge is 0.364 e. The third kappa shape index (κ3) is 2.80. The average Bonchev–Trinajstić information content (AvgIpc) is 2.95. The molecule has 10 heteroatoms. The maximum Gasteiger partial charge on any atom is 0.265 e. The fourth-order valence-corrected chi connectivity index (χ4v) is 2.55. The summed E-state index contributed by atoms with van der Waals surface area (Å²) >= 11 is 0. The summed E-state index contributed by atoms with van der Waals surface area (Å²) in [4.78, 5) is 14.8. The molecule has 19 heavy (non-hydrogen) atoms. The Morgan fingerprint density at radius 1 is 1.58 bits per heavy atom. The van der Waals surface area contributed by atoms with Crippen LogP contribution in [0.3, 0.4) is 0 Å². The maximum atomic E-state index is 12.0. The highest BCUT2D eigenvalue weighted by atomic mass is 32.2. The summed E-state index contributed by atoms with van der Waals surface area (Å²) in [5, 5.41) is 6.13. The van der Waals surface area contributed by atoms with Gasteiger partial charge in [-0.3, -0.25) is 9.89 Å². The summed E-state index contributed by atoms with van der Waals surface area (Å²) < 4.78 is 27.6. The van der Waals surface area contributed by atoms with Crippen LogP contribution in [0.5, 0.6) is 0 Å². The van der Waals surface area contributed by atoms with Crippen molar-refractivity contribution in [1.82, 2.24) is 24.5 Å². The fraction of sp³-hybridized carbons (Fsp3) is 0.222. The minimum Gasteiger partial charge on any atom is -0.364 e. The molecule has 0 aliphatic rings. The van der Waals surface area contributed by atoms with Gasteiger partial charge in [-0.1, -0.05) is 0 Å². The summed E-state index contributed by atoms with van der Waals surface area (Å²) in [6, 6.07) is 1.21. The van der Waals surface area contributed by atoms with Crippen LogP contribution in [-0.4, -0.2) is 34.1 Å². The summed E-state index contributed by atoms with van der Waals surface area (Å²) in [6.45, 7) is -0.0247. The lowest BCUT2D eigenvalue weighted by Crippen LogP contribution is -2.23. The average molecular weight is 284 g/mol. The van der Waals surface area contributed by atoms with Gasteiger partial charge in [0.25, 0.3) is 5.91 Å². The Morgan fingerprint density at radius 3 is 2.84 bits per heavy atom. The molecule has 0 aromatic carbocycles. The normalized spacial score (nSPS) is 11.6. The minimum atomic E-state index is -3.74. The SMILES string of the molecule is Cn1cc(S(=O)(=O)NCc2ncn[nH]2)cc1C(N)=O. The van der Waals surface area contributed by atoms with E-state index in [1.54, 1.807) is 0 Å². The van der Waals surface area contributed by atoms with Crippen LogP contribution in [0.15, 0.2) is 23.5 Å². The van der Waals surface area contributed by atoms with Gasteiger partial charge in [0.1, 0.15) is 22.7 Å². The first-order chi connectivity index (χ1) is 8.90. The first kappa shape index (κ1) is 13.2. The fourth-order valence-electron chi connectivity index (χ4n) is 1.49. The Morgan fingerprint density at radius 2 is 2.32 bits per heavy atom. The molecule has 0 unspecified atom stereocenters. The number of aryl methyl sites for hydroxylation is 1. The third-order valence-electron chi connectivity index (χ3n) is 2.44. The number of carbonyl (C=O) groups is 1. The molecule has 0 spiro atoms. The number of carbonyl (C=O) groups excluding carboxylic acids is 1. The third-order valence-corrected chi connectivity index (χ3v) is 3.81. The first-order valence-corrected chi connectivity index (χ1v) is 6.68. The summed E-state index contributed by atoms with van der Waals surface area (Å²) in [5.41, 5.74) is 5.24. The second kappa shape index (κ2) is 4.82. The van der Waals surface area contributed by atoms with Crippen molar-refractivity contribution in [3.63, 3.8) is 0 Å². The Balaban J connectivity index is 2.20. The van der Waals surface area contributed by atoms with Gasteiger partial charge in [0.05, 0.1) is 6.54 Å². The van der Waals surface area contributed by atoms with E-state index >= 15 is 0 Å². The highest BCUT2D eigenvalue weighted by molar-refractivity contribution is 7.89. The van der Waals surface area contributed by atoms with Crippen molar-refractivity contribution in [2.75, 3.05) is 0 Å².